The minimum absolute atomic E-state index is 0.0319. The van der Waals surface area contributed by atoms with Gasteiger partial charge in [0.2, 0.25) is 0 Å². The first-order valence-corrected chi connectivity index (χ1v) is 7.35. The van der Waals surface area contributed by atoms with Crippen molar-refractivity contribution in [3.05, 3.63) is 42.0 Å². The van der Waals surface area contributed by atoms with Crippen molar-refractivity contribution < 1.29 is 4.79 Å². The van der Waals surface area contributed by atoms with Gasteiger partial charge in [0.15, 0.2) is 0 Å². The van der Waals surface area contributed by atoms with Crippen LogP contribution in [0.3, 0.4) is 0 Å². The van der Waals surface area contributed by atoms with E-state index in [4.69, 9.17) is 0 Å². The topological polar surface area (TPSA) is 17.1 Å². The van der Waals surface area contributed by atoms with Gasteiger partial charge in [-0.2, -0.15) is 0 Å². The van der Waals surface area contributed by atoms with Crippen LogP contribution in [0.5, 0.6) is 0 Å². The van der Waals surface area contributed by atoms with Gasteiger partial charge < -0.3 is 4.79 Å². The molecule has 1 nitrogen and oxygen atoms in total. The summed E-state index contributed by atoms with van der Waals surface area (Å²) in [5, 5.41) is 2.51. The fourth-order valence-electron chi connectivity index (χ4n) is 1.97. The molecule has 0 radical (unpaired) electrons. The third kappa shape index (κ3) is 2.75. The first-order chi connectivity index (χ1) is 8.76. The van der Waals surface area contributed by atoms with Crippen LogP contribution in [0.2, 0.25) is 0 Å². The van der Waals surface area contributed by atoms with Crippen LogP contribution in [0.25, 0.3) is 10.8 Å². The Labute approximate surface area is 113 Å². The van der Waals surface area contributed by atoms with Gasteiger partial charge in [-0.05, 0) is 34.6 Å². The zero-order chi connectivity index (χ0) is 13.0. The maximum atomic E-state index is 11.0. The maximum Gasteiger partial charge on any atom is 0.127 e. The minimum Gasteiger partial charge on any atom is -0.303 e. The number of carbonyl (C=O) groups is 1. The molecule has 0 fully saturated rings. The van der Waals surface area contributed by atoms with Gasteiger partial charge in [-0.25, -0.2) is 0 Å². The summed E-state index contributed by atoms with van der Waals surface area (Å²) in [6.45, 7) is 4.14. The van der Waals surface area contributed by atoms with E-state index in [2.05, 4.69) is 37.3 Å². The second kappa shape index (κ2) is 6.05. The quantitative estimate of drug-likeness (QED) is 0.574. The monoisotopic (exact) mass is 258 g/mol. The van der Waals surface area contributed by atoms with Crippen molar-refractivity contribution in [3.63, 3.8) is 0 Å². The molecule has 1 unspecified atom stereocenters. The highest BCUT2D eigenvalue weighted by Crippen LogP contribution is 2.32. The van der Waals surface area contributed by atoms with Crippen molar-refractivity contribution in [1.29, 1.82) is 0 Å². The van der Waals surface area contributed by atoms with E-state index in [1.807, 2.05) is 24.8 Å². The summed E-state index contributed by atoms with van der Waals surface area (Å²) in [6, 6.07) is 12.7. The van der Waals surface area contributed by atoms with E-state index in [1.54, 1.807) is 0 Å². The summed E-state index contributed by atoms with van der Waals surface area (Å²) < 4.78 is 0. The van der Waals surface area contributed by atoms with Gasteiger partial charge in [-0.1, -0.05) is 44.2 Å². The maximum absolute atomic E-state index is 11.0. The van der Waals surface area contributed by atoms with Crippen molar-refractivity contribution in [1.82, 2.24) is 0 Å². The number of rotatable bonds is 5. The van der Waals surface area contributed by atoms with Crippen molar-refractivity contribution in [2.45, 2.75) is 31.1 Å². The molecule has 0 aliphatic rings. The predicted molar refractivity (Wildman–Crippen MR) is 79.4 cm³/mol. The highest BCUT2D eigenvalue weighted by atomic mass is 32.2. The molecule has 0 bridgehead atoms. The number of aldehydes is 1. The molecule has 0 spiro atoms. The van der Waals surface area contributed by atoms with Gasteiger partial charge in [-0.15, -0.1) is 11.8 Å². The molecule has 0 saturated carbocycles. The Morgan fingerprint density at radius 1 is 1.28 bits per heavy atom. The van der Waals surface area contributed by atoms with Crippen LogP contribution in [0, 0.1) is 0 Å². The van der Waals surface area contributed by atoms with Crippen molar-refractivity contribution >= 4 is 28.8 Å². The lowest BCUT2D eigenvalue weighted by atomic mass is 9.99. The lowest BCUT2D eigenvalue weighted by molar-refractivity contribution is -0.108. The zero-order valence-corrected chi connectivity index (χ0v) is 11.7. The van der Waals surface area contributed by atoms with Crippen LogP contribution in [-0.2, 0) is 4.79 Å². The number of carbonyl (C=O) groups excluding carboxylic acids is 1. The van der Waals surface area contributed by atoms with Gasteiger partial charge in [0.05, 0.1) is 0 Å². The zero-order valence-electron chi connectivity index (χ0n) is 10.8. The van der Waals surface area contributed by atoms with E-state index in [0.717, 1.165) is 24.0 Å². The SMILES string of the molecule is CCCSc1cc(C(C)C=O)cc2ccccc12. The van der Waals surface area contributed by atoms with Crippen molar-refractivity contribution in [3.8, 4) is 0 Å². The molecule has 0 aromatic heterocycles. The van der Waals surface area contributed by atoms with Crippen LogP contribution in [-0.4, -0.2) is 12.0 Å². The Kier molecular flexibility index (Phi) is 4.43. The molecule has 2 rings (SSSR count). The third-order valence-electron chi connectivity index (χ3n) is 3.04. The van der Waals surface area contributed by atoms with E-state index >= 15 is 0 Å². The number of hydrogen-bond donors (Lipinski definition) is 0. The highest BCUT2D eigenvalue weighted by molar-refractivity contribution is 7.99. The molecule has 0 heterocycles. The Balaban J connectivity index is 2.53. The number of benzene rings is 2. The number of fused-ring (bicyclic) bond motifs is 1. The first-order valence-electron chi connectivity index (χ1n) is 6.37. The second-order valence-electron chi connectivity index (χ2n) is 4.51. The van der Waals surface area contributed by atoms with Crippen LogP contribution < -0.4 is 0 Å². The minimum atomic E-state index is -0.0319. The average Bonchev–Trinajstić information content (AvgIpc) is 2.43. The molecule has 0 N–H and O–H groups in total. The molecule has 2 heteroatoms. The molecular weight excluding hydrogens is 240 g/mol. The molecule has 2 aromatic rings. The van der Waals surface area contributed by atoms with E-state index in [1.165, 1.54) is 15.7 Å². The molecule has 0 amide bonds. The third-order valence-corrected chi connectivity index (χ3v) is 4.30. The molecule has 0 aliphatic carbocycles. The van der Waals surface area contributed by atoms with Gasteiger partial charge in [0.1, 0.15) is 6.29 Å². The van der Waals surface area contributed by atoms with Crippen molar-refractivity contribution in [2.75, 3.05) is 5.75 Å². The standard InChI is InChI=1S/C16H18OS/c1-3-8-18-16-10-14(12(2)11-17)9-13-6-4-5-7-15(13)16/h4-7,9-12H,3,8H2,1-2H3. The number of thioether (sulfide) groups is 1. The van der Waals surface area contributed by atoms with E-state index in [0.29, 0.717) is 0 Å². The smallest absolute Gasteiger partial charge is 0.127 e. The Morgan fingerprint density at radius 2 is 2.06 bits per heavy atom. The summed E-state index contributed by atoms with van der Waals surface area (Å²) in [7, 11) is 0. The van der Waals surface area contributed by atoms with Crippen molar-refractivity contribution in [2.24, 2.45) is 0 Å². The van der Waals surface area contributed by atoms with Crippen LogP contribution in [0.4, 0.5) is 0 Å². The molecule has 0 saturated heterocycles. The predicted octanol–water partition coefficient (Wildman–Crippen LogP) is 4.64. The summed E-state index contributed by atoms with van der Waals surface area (Å²) >= 11 is 1.88. The fraction of sp³-hybridized carbons (Fsp3) is 0.312. The molecular formula is C16H18OS. The van der Waals surface area contributed by atoms with E-state index in [-0.39, 0.29) is 5.92 Å². The molecule has 18 heavy (non-hydrogen) atoms. The van der Waals surface area contributed by atoms with E-state index < -0.39 is 0 Å². The lowest BCUT2D eigenvalue weighted by Crippen LogP contribution is -1.95. The normalized spacial score (nSPS) is 12.6. The molecule has 94 valence electrons. The average molecular weight is 258 g/mol. The number of hydrogen-bond acceptors (Lipinski definition) is 2. The Morgan fingerprint density at radius 3 is 2.78 bits per heavy atom. The Hall–Kier alpha value is -1.28. The second-order valence-corrected chi connectivity index (χ2v) is 5.65. The van der Waals surface area contributed by atoms with E-state index in [9.17, 15) is 4.79 Å². The van der Waals surface area contributed by atoms with Gasteiger partial charge in [-0.3, -0.25) is 0 Å². The summed E-state index contributed by atoms with van der Waals surface area (Å²) in [5.41, 5.74) is 1.11. The van der Waals surface area contributed by atoms with Crippen LogP contribution >= 0.6 is 11.8 Å². The fourth-order valence-corrected chi connectivity index (χ4v) is 2.96. The van der Waals surface area contributed by atoms with Gasteiger partial charge >= 0.3 is 0 Å². The summed E-state index contributed by atoms with van der Waals surface area (Å²) in [5.74, 6) is 1.08. The first kappa shape index (κ1) is 13.2. The van der Waals surface area contributed by atoms with Gasteiger partial charge in [0.25, 0.3) is 0 Å². The molecule has 1 atom stereocenters. The lowest BCUT2D eigenvalue weighted by Gasteiger charge is -2.11. The molecule has 2 aromatic carbocycles. The summed E-state index contributed by atoms with van der Waals surface area (Å²) in [6.07, 6.45) is 2.17. The Bertz CT molecular complexity index is 548. The van der Waals surface area contributed by atoms with Crippen LogP contribution in [0.15, 0.2) is 41.3 Å². The van der Waals surface area contributed by atoms with Gasteiger partial charge in [0, 0.05) is 10.8 Å². The van der Waals surface area contributed by atoms with Crippen LogP contribution in [0.1, 0.15) is 31.7 Å². The molecule has 0 aliphatic heterocycles. The highest BCUT2D eigenvalue weighted by Gasteiger charge is 2.09. The summed E-state index contributed by atoms with van der Waals surface area (Å²) in [4.78, 5) is 12.3. The largest absolute Gasteiger partial charge is 0.303 e.